The molecule has 17 heavy (non-hydrogen) atoms. The molecule has 2 aliphatic carbocycles. The van der Waals surface area contributed by atoms with E-state index in [1.54, 1.807) is 0 Å². The molecule has 0 aromatic heterocycles. The van der Waals surface area contributed by atoms with Gasteiger partial charge in [0, 0.05) is 11.8 Å². The molecular weight excluding hydrogens is 216 g/mol. The zero-order valence-electron chi connectivity index (χ0n) is 10.6. The fourth-order valence-corrected chi connectivity index (χ4v) is 3.76. The zero-order valence-corrected chi connectivity index (χ0v) is 10.6. The van der Waals surface area contributed by atoms with Crippen molar-refractivity contribution in [3.63, 3.8) is 0 Å². The van der Waals surface area contributed by atoms with Gasteiger partial charge in [-0.25, -0.2) is 0 Å². The summed E-state index contributed by atoms with van der Waals surface area (Å²) in [6.07, 6.45) is 5.13. The second-order valence-corrected chi connectivity index (χ2v) is 5.81. The van der Waals surface area contributed by atoms with Gasteiger partial charge in [-0.1, -0.05) is 12.2 Å². The average molecular weight is 236 g/mol. The van der Waals surface area contributed by atoms with E-state index in [9.17, 15) is 4.79 Å². The molecule has 0 N–H and O–H groups in total. The maximum Gasteiger partial charge on any atom is 0.218 e. The minimum atomic E-state index is -0.640. The Labute approximate surface area is 102 Å². The van der Waals surface area contributed by atoms with E-state index in [1.807, 2.05) is 13.8 Å². The van der Waals surface area contributed by atoms with Crippen LogP contribution in [0.3, 0.4) is 0 Å². The van der Waals surface area contributed by atoms with E-state index in [0.29, 0.717) is 17.8 Å². The molecule has 3 rings (SSSR count). The lowest BCUT2D eigenvalue weighted by Crippen LogP contribution is -2.50. The Hall–Kier alpha value is -0.670. The summed E-state index contributed by atoms with van der Waals surface area (Å²) in [5, 5.41) is 0. The molecule has 3 aliphatic rings. The monoisotopic (exact) mass is 236 g/mol. The first-order valence-corrected chi connectivity index (χ1v) is 6.61. The van der Waals surface area contributed by atoms with E-state index in [4.69, 9.17) is 9.47 Å². The van der Waals surface area contributed by atoms with E-state index >= 15 is 0 Å². The van der Waals surface area contributed by atoms with Crippen molar-refractivity contribution in [1.29, 1.82) is 0 Å². The Kier molecular flexibility index (Phi) is 2.64. The number of ketones is 1. The third kappa shape index (κ3) is 1.67. The maximum absolute atomic E-state index is 12.4. The number of hydrogen-bond acceptors (Lipinski definition) is 3. The highest BCUT2D eigenvalue weighted by Gasteiger charge is 2.55. The fourth-order valence-electron chi connectivity index (χ4n) is 3.76. The van der Waals surface area contributed by atoms with Crippen LogP contribution in [0.4, 0.5) is 0 Å². The van der Waals surface area contributed by atoms with Crippen LogP contribution in [0.5, 0.6) is 0 Å². The van der Waals surface area contributed by atoms with Gasteiger partial charge in [-0.3, -0.25) is 4.79 Å². The van der Waals surface area contributed by atoms with Gasteiger partial charge < -0.3 is 9.47 Å². The van der Waals surface area contributed by atoms with Crippen molar-refractivity contribution in [1.82, 2.24) is 0 Å². The molecule has 0 aromatic rings. The van der Waals surface area contributed by atoms with Crippen molar-refractivity contribution in [2.24, 2.45) is 23.7 Å². The van der Waals surface area contributed by atoms with E-state index in [1.165, 1.54) is 0 Å². The highest BCUT2D eigenvalue weighted by atomic mass is 16.7. The van der Waals surface area contributed by atoms with Crippen LogP contribution in [-0.2, 0) is 14.3 Å². The predicted molar refractivity (Wildman–Crippen MR) is 63.3 cm³/mol. The minimum Gasteiger partial charge on any atom is -0.343 e. The van der Waals surface area contributed by atoms with E-state index in [-0.39, 0.29) is 23.9 Å². The largest absolute Gasteiger partial charge is 0.343 e. The van der Waals surface area contributed by atoms with Crippen LogP contribution in [0.1, 0.15) is 27.2 Å². The number of carbonyl (C=O) groups is 1. The number of ether oxygens (including phenoxy) is 2. The number of hydrogen-bond donors (Lipinski definition) is 0. The van der Waals surface area contributed by atoms with Crippen LogP contribution in [0.25, 0.3) is 0 Å². The van der Waals surface area contributed by atoms with Gasteiger partial charge in [-0.2, -0.15) is 0 Å². The summed E-state index contributed by atoms with van der Waals surface area (Å²) in [6.45, 7) is 5.96. The molecule has 3 heteroatoms. The molecule has 1 saturated carbocycles. The van der Waals surface area contributed by atoms with Gasteiger partial charge in [0.15, 0.2) is 5.78 Å². The van der Waals surface area contributed by atoms with Crippen LogP contribution in [0.15, 0.2) is 12.2 Å². The summed E-state index contributed by atoms with van der Waals surface area (Å²) in [5.74, 6) is 1.66. The summed E-state index contributed by atoms with van der Waals surface area (Å²) >= 11 is 0. The SMILES string of the molecule is CC(C)O[C@@H]1O[C@@H](C)[C@@H]2[C@H](C1=O)[C@@H]1C=C[C@H]2C1. The second kappa shape index (κ2) is 3.92. The van der Waals surface area contributed by atoms with Crippen molar-refractivity contribution in [2.45, 2.75) is 45.7 Å². The second-order valence-electron chi connectivity index (χ2n) is 5.81. The molecule has 2 bridgehead atoms. The first-order valence-electron chi connectivity index (χ1n) is 6.61. The lowest BCUT2D eigenvalue weighted by molar-refractivity contribution is -0.223. The normalized spacial score (nSPS) is 47.9. The van der Waals surface area contributed by atoms with Crippen LogP contribution in [0, 0.1) is 23.7 Å². The summed E-state index contributed by atoms with van der Waals surface area (Å²) in [4.78, 5) is 12.4. The minimum absolute atomic E-state index is 0.0295. The highest BCUT2D eigenvalue weighted by Crippen LogP contribution is 2.52. The number of Topliss-reactive ketones (excluding diaryl/α,β-unsaturated/α-hetero) is 1. The van der Waals surface area contributed by atoms with E-state index < -0.39 is 6.29 Å². The number of rotatable bonds is 2. The molecule has 1 saturated heterocycles. The molecule has 0 amide bonds. The van der Waals surface area contributed by atoms with Gasteiger partial charge in [0.2, 0.25) is 6.29 Å². The van der Waals surface area contributed by atoms with Crippen LogP contribution in [0.2, 0.25) is 0 Å². The number of allylic oxidation sites excluding steroid dienone is 2. The number of fused-ring (bicyclic) bond motifs is 5. The Morgan fingerprint density at radius 1 is 1.35 bits per heavy atom. The number of carbonyl (C=O) groups excluding carboxylic acids is 1. The van der Waals surface area contributed by atoms with Gasteiger partial charge in [0.1, 0.15) is 0 Å². The molecule has 2 fully saturated rings. The van der Waals surface area contributed by atoms with Crippen molar-refractivity contribution in [3.8, 4) is 0 Å². The zero-order chi connectivity index (χ0) is 12.2. The van der Waals surface area contributed by atoms with Crippen molar-refractivity contribution < 1.29 is 14.3 Å². The van der Waals surface area contributed by atoms with E-state index in [0.717, 1.165) is 6.42 Å². The molecule has 1 heterocycles. The third-order valence-electron chi connectivity index (χ3n) is 4.36. The molecule has 0 aromatic carbocycles. The maximum atomic E-state index is 12.4. The lowest BCUT2D eigenvalue weighted by atomic mass is 9.75. The van der Waals surface area contributed by atoms with Gasteiger partial charge in [0.05, 0.1) is 12.2 Å². The van der Waals surface area contributed by atoms with Crippen LogP contribution in [-0.4, -0.2) is 24.3 Å². The summed E-state index contributed by atoms with van der Waals surface area (Å²) in [6, 6.07) is 0. The molecule has 0 unspecified atom stereocenters. The molecule has 1 aliphatic heterocycles. The van der Waals surface area contributed by atoms with Gasteiger partial charge in [0.25, 0.3) is 0 Å². The van der Waals surface area contributed by atoms with Gasteiger partial charge in [-0.15, -0.1) is 0 Å². The van der Waals surface area contributed by atoms with E-state index in [2.05, 4.69) is 19.1 Å². The molecular formula is C14H20O3. The Balaban J connectivity index is 1.83. The first-order chi connectivity index (χ1) is 8.08. The van der Waals surface area contributed by atoms with Gasteiger partial charge >= 0.3 is 0 Å². The van der Waals surface area contributed by atoms with Crippen LogP contribution >= 0.6 is 0 Å². The third-order valence-corrected chi connectivity index (χ3v) is 4.36. The molecule has 3 nitrogen and oxygen atoms in total. The standard InChI is InChI=1S/C14H20O3/c1-7(2)16-14-13(15)12-10-5-4-9(6-10)11(12)8(3)17-14/h4-5,7-12,14H,6H2,1-3H3/t8-,9-,10+,11-,12+,14+/m0/s1. The Bertz CT molecular complexity index is 360. The van der Waals surface area contributed by atoms with Crippen LogP contribution < -0.4 is 0 Å². The molecule has 94 valence electrons. The first kappa shape index (κ1) is 11.4. The molecule has 6 atom stereocenters. The highest BCUT2D eigenvalue weighted by molar-refractivity contribution is 5.86. The smallest absolute Gasteiger partial charge is 0.218 e. The summed E-state index contributed by atoms with van der Waals surface area (Å²) in [5.41, 5.74) is 0. The molecule has 0 spiro atoms. The predicted octanol–water partition coefficient (Wildman–Crippen LogP) is 2.16. The Morgan fingerprint density at radius 2 is 2.06 bits per heavy atom. The van der Waals surface area contributed by atoms with Crippen molar-refractivity contribution >= 4 is 5.78 Å². The topological polar surface area (TPSA) is 35.5 Å². The van der Waals surface area contributed by atoms with Gasteiger partial charge in [-0.05, 0) is 39.0 Å². The average Bonchev–Trinajstić information content (AvgIpc) is 2.84. The summed E-state index contributed by atoms with van der Waals surface area (Å²) < 4.78 is 11.4. The quantitative estimate of drug-likeness (QED) is 0.689. The Morgan fingerprint density at radius 3 is 2.76 bits per heavy atom. The van der Waals surface area contributed by atoms with Crippen molar-refractivity contribution in [3.05, 3.63) is 12.2 Å². The molecule has 0 radical (unpaired) electrons. The van der Waals surface area contributed by atoms with Crippen molar-refractivity contribution in [2.75, 3.05) is 0 Å². The fraction of sp³-hybridized carbons (Fsp3) is 0.786. The lowest BCUT2D eigenvalue weighted by Gasteiger charge is -2.40. The summed E-state index contributed by atoms with van der Waals surface area (Å²) in [7, 11) is 0.